The molecule has 0 saturated carbocycles. The van der Waals surface area contributed by atoms with Gasteiger partial charge in [0.05, 0.1) is 23.8 Å². The van der Waals surface area contributed by atoms with Crippen LogP contribution in [0, 0.1) is 0 Å². The maximum atomic E-state index is 12.1. The number of carbonyl (C=O) groups is 1. The molecule has 0 fully saturated rings. The standard InChI is InChI=1S/C13H14N2O3/c1-2-7-18-12(16)8-15-9-14-11-6-4-3-5-10(11)13(15)17/h3-6,9H,2,7-8H2,1H3. The van der Waals surface area contributed by atoms with Crippen molar-refractivity contribution in [2.45, 2.75) is 19.9 Å². The van der Waals surface area contributed by atoms with Gasteiger partial charge >= 0.3 is 5.97 Å². The lowest BCUT2D eigenvalue weighted by Crippen LogP contribution is -2.25. The molecule has 94 valence electrons. The zero-order valence-electron chi connectivity index (χ0n) is 10.1. The number of fused-ring (bicyclic) bond motifs is 1. The third kappa shape index (κ3) is 2.56. The van der Waals surface area contributed by atoms with Gasteiger partial charge in [0.25, 0.3) is 5.56 Å². The number of para-hydroxylation sites is 1. The third-order valence-corrected chi connectivity index (χ3v) is 2.50. The summed E-state index contributed by atoms with van der Waals surface area (Å²) >= 11 is 0. The molecule has 0 aliphatic heterocycles. The first-order valence-corrected chi connectivity index (χ1v) is 5.82. The minimum atomic E-state index is -0.420. The highest BCUT2D eigenvalue weighted by Gasteiger charge is 2.08. The summed E-state index contributed by atoms with van der Waals surface area (Å²) < 4.78 is 6.20. The molecule has 0 atom stereocenters. The molecule has 0 spiro atoms. The predicted octanol–water partition coefficient (Wildman–Crippen LogP) is 1.35. The van der Waals surface area contributed by atoms with E-state index in [9.17, 15) is 9.59 Å². The van der Waals surface area contributed by atoms with Crippen LogP contribution in [-0.4, -0.2) is 22.1 Å². The van der Waals surface area contributed by atoms with Gasteiger partial charge in [-0.25, -0.2) is 4.98 Å². The molecule has 1 aromatic heterocycles. The van der Waals surface area contributed by atoms with Crippen molar-refractivity contribution in [3.8, 4) is 0 Å². The molecule has 0 N–H and O–H groups in total. The molecule has 1 heterocycles. The van der Waals surface area contributed by atoms with E-state index in [1.807, 2.05) is 13.0 Å². The zero-order chi connectivity index (χ0) is 13.0. The van der Waals surface area contributed by atoms with E-state index in [4.69, 9.17) is 4.74 Å². The molecule has 5 heteroatoms. The number of aromatic nitrogens is 2. The largest absolute Gasteiger partial charge is 0.464 e. The zero-order valence-corrected chi connectivity index (χ0v) is 10.1. The fraction of sp³-hybridized carbons (Fsp3) is 0.308. The Bertz CT molecular complexity index is 619. The van der Waals surface area contributed by atoms with Crippen LogP contribution in [0.25, 0.3) is 10.9 Å². The van der Waals surface area contributed by atoms with Crippen molar-refractivity contribution in [3.63, 3.8) is 0 Å². The van der Waals surface area contributed by atoms with Gasteiger partial charge < -0.3 is 4.74 Å². The molecule has 0 saturated heterocycles. The van der Waals surface area contributed by atoms with E-state index in [0.717, 1.165) is 6.42 Å². The van der Waals surface area contributed by atoms with Crippen LogP contribution in [-0.2, 0) is 16.1 Å². The van der Waals surface area contributed by atoms with Crippen molar-refractivity contribution in [2.24, 2.45) is 0 Å². The second-order valence-corrected chi connectivity index (χ2v) is 3.92. The molecule has 0 bridgehead atoms. The molecule has 0 aliphatic rings. The van der Waals surface area contributed by atoms with Crippen LogP contribution in [0.5, 0.6) is 0 Å². The lowest BCUT2D eigenvalue weighted by Gasteiger charge is -2.06. The first kappa shape index (κ1) is 12.3. The Hall–Kier alpha value is -2.17. The maximum absolute atomic E-state index is 12.1. The van der Waals surface area contributed by atoms with Gasteiger partial charge in [-0.2, -0.15) is 0 Å². The van der Waals surface area contributed by atoms with Crippen LogP contribution in [0.1, 0.15) is 13.3 Å². The van der Waals surface area contributed by atoms with Crippen LogP contribution in [0.4, 0.5) is 0 Å². The lowest BCUT2D eigenvalue weighted by atomic mass is 10.2. The average molecular weight is 246 g/mol. The van der Waals surface area contributed by atoms with E-state index >= 15 is 0 Å². The number of ether oxygens (including phenoxy) is 1. The van der Waals surface area contributed by atoms with Crippen molar-refractivity contribution in [1.82, 2.24) is 9.55 Å². The quantitative estimate of drug-likeness (QED) is 0.764. The van der Waals surface area contributed by atoms with E-state index in [2.05, 4.69) is 4.98 Å². The highest BCUT2D eigenvalue weighted by molar-refractivity contribution is 5.77. The highest BCUT2D eigenvalue weighted by Crippen LogP contribution is 2.04. The minimum absolute atomic E-state index is 0.101. The maximum Gasteiger partial charge on any atom is 0.326 e. The number of rotatable bonds is 4. The number of carbonyl (C=O) groups excluding carboxylic acids is 1. The summed E-state index contributed by atoms with van der Waals surface area (Å²) in [6.07, 6.45) is 2.13. The van der Waals surface area contributed by atoms with Gasteiger partial charge in [-0.3, -0.25) is 14.2 Å². The van der Waals surface area contributed by atoms with Gasteiger partial charge in [0.15, 0.2) is 0 Å². The molecule has 0 unspecified atom stereocenters. The van der Waals surface area contributed by atoms with Gasteiger partial charge in [0, 0.05) is 0 Å². The van der Waals surface area contributed by atoms with Crippen LogP contribution >= 0.6 is 0 Å². The molecule has 2 aromatic rings. The normalized spacial score (nSPS) is 10.5. The topological polar surface area (TPSA) is 61.2 Å². The van der Waals surface area contributed by atoms with Crippen LogP contribution < -0.4 is 5.56 Å². The van der Waals surface area contributed by atoms with Crippen LogP contribution in [0.3, 0.4) is 0 Å². The Morgan fingerprint density at radius 2 is 2.17 bits per heavy atom. The molecule has 18 heavy (non-hydrogen) atoms. The van der Waals surface area contributed by atoms with Crippen molar-refractivity contribution < 1.29 is 9.53 Å². The summed E-state index contributed by atoms with van der Waals surface area (Å²) in [5, 5.41) is 0.503. The SMILES string of the molecule is CCCOC(=O)Cn1cnc2ccccc2c1=O. The van der Waals surface area contributed by atoms with Crippen LogP contribution in [0.2, 0.25) is 0 Å². The molecule has 1 aromatic carbocycles. The molecule has 0 radical (unpaired) electrons. The highest BCUT2D eigenvalue weighted by atomic mass is 16.5. The second-order valence-electron chi connectivity index (χ2n) is 3.92. The van der Waals surface area contributed by atoms with Gasteiger partial charge in [-0.1, -0.05) is 19.1 Å². The molecular weight excluding hydrogens is 232 g/mol. The van der Waals surface area contributed by atoms with Crippen molar-refractivity contribution in [2.75, 3.05) is 6.61 Å². The Labute approximate surface area is 104 Å². The number of hydrogen-bond acceptors (Lipinski definition) is 4. The average Bonchev–Trinajstić information content (AvgIpc) is 2.40. The lowest BCUT2D eigenvalue weighted by molar-refractivity contribution is -0.144. The van der Waals surface area contributed by atoms with Gasteiger partial charge in [-0.15, -0.1) is 0 Å². The smallest absolute Gasteiger partial charge is 0.326 e. The van der Waals surface area contributed by atoms with Crippen LogP contribution in [0.15, 0.2) is 35.4 Å². The fourth-order valence-electron chi connectivity index (χ4n) is 1.62. The summed E-state index contributed by atoms with van der Waals surface area (Å²) in [5.74, 6) is -0.420. The van der Waals surface area contributed by atoms with Gasteiger partial charge in [-0.05, 0) is 18.6 Å². The Morgan fingerprint density at radius 1 is 1.39 bits per heavy atom. The number of benzene rings is 1. The Kier molecular flexibility index (Phi) is 3.72. The summed E-state index contributed by atoms with van der Waals surface area (Å²) in [6.45, 7) is 2.18. The van der Waals surface area contributed by atoms with Crippen molar-refractivity contribution in [3.05, 3.63) is 40.9 Å². The molecule has 0 aliphatic carbocycles. The summed E-state index contributed by atoms with van der Waals surface area (Å²) in [5.41, 5.74) is 0.398. The molecule has 5 nitrogen and oxygen atoms in total. The first-order chi connectivity index (χ1) is 8.72. The number of esters is 1. The second kappa shape index (κ2) is 5.44. The summed E-state index contributed by atoms with van der Waals surface area (Å²) in [6, 6.07) is 7.04. The molecular formula is C13H14N2O3. The number of nitrogens with zero attached hydrogens (tertiary/aromatic N) is 2. The van der Waals surface area contributed by atoms with E-state index in [1.54, 1.807) is 18.2 Å². The molecule has 0 amide bonds. The summed E-state index contributed by atoms with van der Waals surface area (Å²) in [4.78, 5) is 27.6. The van der Waals surface area contributed by atoms with Gasteiger partial charge in [0.1, 0.15) is 6.54 Å². The third-order valence-electron chi connectivity index (χ3n) is 2.50. The van der Waals surface area contributed by atoms with E-state index < -0.39 is 5.97 Å². The Morgan fingerprint density at radius 3 is 2.94 bits per heavy atom. The van der Waals surface area contributed by atoms with E-state index in [0.29, 0.717) is 17.5 Å². The van der Waals surface area contributed by atoms with Crippen molar-refractivity contribution in [1.29, 1.82) is 0 Å². The first-order valence-electron chi connectivity index (χ1n) is 5.82. The van der Waals surface area contributed by atoms with E-state index in [1.165, 1.54) is 10.9 Å². The number of hydrogen-bond donors (Lipinski definition) is 0. The van der Waals surface area contributed by atoms with E-state index in [-0.39, 0.29) is 12.1 Å². The predicted molar refractivity (Wildman–Crippen MR) is 67.3 cm³/mol. The Balaban J connectivity index is 2.27. The van der Waals surface area contributed by atoms with Gasteiger partial charge in [0.2, 0.25) is 0 Å². The minimum Gasteiger partial charge on any atom is -0.464 e. The fourth-order valence-corrected chi connectivity index (χ4v) is 1.62. The summed E-state index contributed by atoms with van der Waals surface area (Å²) in [7, 11) is 0. The monoisotopic (exact) mass is 246 g/mol. The van der Waals surface area contributed by atoms with Crippen molar-refractivity contribution >= 4 is 16.9 Å². The molecule has 2 rings (SSSR count).